The Labute approximate surface area is 101 Å². The molecule has 0 saturated carbocycles. The Kier molecular flexibility index (Phi) is 3.93. The minimum atomic E-state index is -0.0526. The zero-order valence-corrected chi connectivity index (χ0v) is 10.1. The average Bonchev–Trinajstić information content (AvgIpc) is 2.84. The Bertz CT molecular complexity index is 371. The van der Waals surface area contributed by atoms with Crippen molar-refractivity contribution in [3.05, 3.63) is 18.3 Å². The molecule has 0 aliphatic carbocycles. The first-order valence-corrected chi connectivity index (χ1v) is 5.95. The smallest absolute Gasteiger partial charge is 0.238 e. The molecule has 1 amide bonds. The third-order valence-electron chi connectivity index (χ3n) is 2.80. The average molecular weight is 234 g/mol. The number of aromatic nitrogens is 1. The predicted molar refractivity (Wildman–Crippen MR) is 68.2 cm³/mol. The van der Waals surface area contributed by atoms with E-state index in [1.54, 1.807) is 13.2 Å². The van der Waals surface area contributed by atoms with Gasteiger partial charge in [-0.15, -0.1) is 0 Å². The molecular formula is C12H18N4O. The molecule has 2 N–H and O–H groups in total. The summed E-state index contributed by atoms with van der Waals surface area (Å²) in [5, 5.41) is 5.58. The molecule has 1 aromatic heterocycles. The van der Waals surface area contributed by atoms with Crippen molar-refractivity contribution in [2.75, 3.05) is 36.9 Å². The van der Waals surface area contributed by atoms with Gasteiger partial charge >= 0.3 is 0 Å². The zero-order valence-electron chi connectivity index (χ0n) is 10.1. The molecule has 5 heteroatoms. The van der Waals surface area contributed by atoms with Gasteiger partial charge in [0.05, 0.1) is 18.4 Å². The van der Waals surface area contributed by atoms with Crippen molar-refractivity contribution < 1.29 is 4.79 Å². The summed E-state index contributed by atoms with van der Waals surface area (Å²) in [5.74, 6) is 0.942. The van der Waals surface area contributed by atoms with Crippen LogP contribution in [-0.2, 0) is 4.79 Å². The summed E-state index contributed by atoms with van der Waals surface area (Å²) in [6.45, 7) is 2.48. The lowest BCUT2D eigenvalue weighted by atomic mass is 10.3. The quantitative estimate of drug-likeness (QED) is 0.810. The van der Waals surface area contributed by atoms with E-state index in [-0.39, 0.29) is 5.91 Å². The van der Waals surface area contributed by atoms with Gasteiger partial charge in [0.2, 0.25) is 5.91 Å². The number of pyridine rings is 1. The molecule has 0 aromatic carbocycles. The van der Waals surface area contributed by atoms with E-state index in [0.717, 1.165) is 24.6 Å². The number of nitrogens with zero attached hydrogens (tertiary/aromatic N) is 2. The Morgan fingerprint density at radius 2 is 2.18 bits per heavy atom. The van der Waals surface area contributed by atoms with Crippen molar-refractivity contribution in [3.8, 4) is 0 Å². The van der Waals surface area contributed by atoms with E-state index in [1.807, 2.05) is 12.1 Å². The van der Waals surface area contributed by atoms with Crippen molar-refractivity contribution in [2.24, 2.45) is 0 Å². The summed E-state index contributed by atoms with van der Waals surface area (Å²) < 4.78 is 0. The third-order valence-corrected chi connectivity index (χ3v) is 2.80. The van der Waals surface area contributed by atoms with Gasteiger partial charge < -0.3 is 15.5 Å². The Morgan fingerprint density at radius 1 is 1.41 bits per heavy atom. The maximum Gasteiger partial charge on any atom is 0.238 e. The molecule has 1 fully saturated rings. The normalized spacial score (nSPS) is 15.0. The highest BCUT2D eigenvalue weighted by Gasteiger charge is 2.13. The van der Waals surface area contributed by atoms with Gasteiger partial charge in [-0.05, 0) is 32.0 Å². The molecule has 1 aromatic rings. The van der Waals surface area contributed by atoms with Crippen LogP contribution in [0.15, 0.2) is 18.3 Å². The number of hydrogen-bond donors (Lipinski definition) is 2. The van der Waals surface area contributed by atoms with Gasteiger partial charge in [0.25, 0.3) is 0 Å². The Hall–Kier alpha value is -1.62. The van der Waals surface area contributed by atoms with Crippen LogP contribution >= 0.6 is 0 Å². The Balaban J connectivity index is 1.95. The van der Waals surface area contributed by atoms with Crippen LogP contribution < -0.4 is 15.5 Å². The van der Waals surface area contributed by atoms with Crippen LogP contribution in [0.3, 0.4) is 0 Å². The molecule has 0 atom stereocenters. The van der Waals surface area contributed by atoms with E-state index in [9.17, 15) is 4.79 Å². The standard InChI is InChI=1S/C12H18N4O/c1-13-9-12(17)15-10-4-5-11(14-8-10)16-6-2-3-7-16/h4-5,8,13H,2-3,6-7,9H2,1H3,(H,15,17). The maximum absolute atomic E-state index is 11.3. The monoisotopic (exact) mass is 234 g/mol. The summed E-state index contributed by atoms with van der Waals surface area (Å²) in [4.78, 5) is 18.0. The van der Waals surface area contributed by atoms with Gasteiger partial charge in [0.1, 0.15) is 5.82 Å². The molecule has 1 aliphatic heterocycles. The molecule has 1 saturated heterocycles. The minimum absolute atomic E-state index is 0.0526. The van der Waals surface area contributed by atoms with Gasteiger partial charge in [-0.1, -0.05) is 0 Å². The SMILES string of the molecule is CNCC(=O)Nc1ccc(N2CCCC2)nc1. The molecule has 2 rings (SSSR count). The van der Waals surface area contributed by atoms with E-state index in [2.05, 4.69) is 20.5 Å². The van der Waals surface area contributed by atoms with Crippen molar-refractivity contribution >= 4 is 17.4 Å². The van der Waals surface area contributed by atoms with E-state index in [4.69, 9.17) is 0 Å². The largest absolute Gasteiger partial charge is 0.357 e. The fraction of sp³-hybridized carbons (Fsp3) is 0.500. The summed E-state index contributed by atoms with van der Waals surface area (Å²) in [5.41, 5.74) is 0.744. The van der Waals surface area contributed by atoms with E-state index in [0.29, 0.717) is 6.54 Å². The lowest BCUT2D eigenvalue weighted by Crippen LogP contribution is -2.25. The van der Waals surface area contributed by atoms with Crippen LogP contribution in [0.2, 0.25) is 0 Å². The second kappa shape index (κ2) is 5.63. The van der Waals surface area contributed by atoms with Crippen molar-refractivity contribution in [1.82, 2.24) is 10.3 Å². The second-order valence-electron chi connectivity index (χ2n) is 4.18. The first-order valence-electron chi connectivity index (χ1n) is 5.95. The number of likely N-dealkylation sites (N-methyl/N-ethyl adjacent to an activating group) is 1. The second-order valence-corrected chi connectivity index (χ2v) is 4.18. The summed E-state index contributed by atoms with van der Waals surface area (Å²) in [7, 11) is 1.74. The summed E-state index contributed by atoms with van der Waals surface area (Å²) in [6.07, 6.45) is 4.19. The minimum Gasteiger partial charge on any atom is -0.357 e. The van der Waals surface area contributed by atoms with Crippen LogP contribution in [0.5, 0.6) is 0 Å². The highest BCUT2D eigenvalue weighted by molar-refractivity contribution is 5.92. The molecule has 0 unspecified atom stereocenters. The van der Waals surface area contributed by atoms with E-state index in [1.165, 1.54) is 12.8 Å². The van der Waals surface area contributed by atoms with Gasteiger partial charge in [0.15, 0.2) is 0 Å². The fourth-order valence-corrected chi connectivity index (χ4v) is 1.96. The number of anilines is 2. The maximum atomic E-state index is 11.3. The molecule has 1 aliphatic rings. The highest BCUT2D eigenvalue weighted by atomic mass is 16.1. The van der Waals surface area contributed by atoms with Crippen LogP contribution in [0.1, 0.15) is 12.8 Å². The lowest BCUT2D eigenvalue weighted by Gasteiger charge is -2.16. The predicted octanol–water partition coefficient (Wildman–Crippen LogP) is 0.840. The van der Waals surface area contributed by atoms with Gasteiger partial charge in [-0.3, -0.25) is 4.79 Å². The lowest BCUT2D eigenvalue weighted by molar-refractivity contribution is -0.115. The van der Waals surface area contributed by atoms with Gasteiger partial charge in [0, 0.05) is 13.1 Å². The van der Waals surface area contributed by atoms with E-state index < -0.39 is 0 Å². The molecule has 92 valence electrons. The van der Waals surface area contributed by atoms with Crippen molar-refractivity contribution in [3.63, 3.8) is 0 Å². The van der Waals surface area contributed by atoms with Gasteiger partial charge in [-0.25, -0.2) is 4.98 Å². The molecular weight excluding hydrogens is 216 g/mol. The number of nitrogens with one attached hydrogen (secondary N) is 2. The molecule has 0 radical (unpaired) electrons. The van der Waals surface area contributed by atoms with Crippen molar-refractivity contribution in [2.45, 2.75) is 12.8 Å². The highest BCUT2D eigenvalue weighted by Crippen LogP contribution is 2.18. The fourth-order valence-electron chi connectivity index (χ4n) is 1.96. The molecule has 0 spiro atoms. The number of carbonyl (C=O) groups excluding carboxylic acids is 1. The first-order chi connectivity index (χ1) is 8.29. The van der Waals surface area contributed by atoms with Crippen LogP contribution in [0, 0.1) is 0 Å². The molecule has 2 heterocycles. The van der Waals surface area contributed by atoms with Crippen molar-refractivity contribution in [1.29, 1.82) is 0 Å². The number of rotatable bonds is 4. The summed E-state index contributed by atoms with van der Waals surface area (Å²) in [6, 6.07) is 3.86. The third kappa shape index (κ3) is 3.17. The topological polar surface area (TPSA) is 57.3 Å². The van der Waals surface area contributed by atoms with Crippen LogP contribution in [0.4, 0.5) is 11.5 Å². The van der Waals surface area contributed by atoms with Gasteiger partial charge in [-0.2, -0.15) is 0 Å². The van der Waals surface area contributed by atoms with E-state index >= 15 is 0 Å². The molecule has 17 heavy (non-hydrogen) atoms. The number of amides is 1. The molecule has 0 bridgehead atoms. The number of hydrogen-bond acceptors (Lipinski definition) is 4. The Morgan fingerprint density at radius 3 is 2.76 bits per heavy atom. The molecule has 5 nitrogen and oxygen atoms in total. The van der Waals surface area contributed by atoms with Crippen LogP contribution in [0.25, 0.3) is 0 Å². The van der Waals surface area contributed by atoms with Crippen LogP contribution in [-0.4, -0.2) is 37.6 Å². The zero-order chi connectivity index (χ0) is 12.1. The first kappa shape index (κ1) is 11.9. The summed E-state index contributed by atoms with van der Waals surface area (Å²) >= 11 is 0. The number of carbonyl (C=O) groups is 1.